The molecule has 2 aromatic rings. The summed E-state index contributed by atoms with van der Waals surface area (Å²) in [7, 11) is 0. The number of hydrogen-bond acceptors (Lipinski definition) is 5. The predicted molar refractivity (Wildman–Crippen MR) is 68.6 cm³/mol. The lowest BCUT2D eigenvalue weighted by molar-refractivity contribution is 0.0344. The minimum atomic E-state index is -0.252. The number of hydrogen-bond donors (Lipinski definition) is 1. The van der Waals surface area contributed by atoms with Crippen LogP contribution in [0.15, 0.2) is 29.0 Å². The Hall–Kier alpha value is -1.66. The second-order valence-corrected chi connectivity index (χ2v) is 4.78. The highest BCUT2D eigenvalue weighted by molar-refractivity contribution is 5.12. The molecule has 0 aromatic carbocycles. The molecule has 1 fully saturated rings. The number of aromatic nitrogens is 3. The Morgan fingerprint density at radius 1 is 1.26 bits per heavy atom. The van der Waals surface area contributed by atoms with E-state index in [9.17, 15) is 0 Å². The van der Waals surface area contributed by atoms with Gasteiger partial charge in [-0.3, -0.25) is 0 Å². The van der Waals surface area contributed by atoms with E-state index in [2.05, 4.69) is 14.7 Å². The summed E-state index contributed by atoms with van der Waals surface area (Å²) in [6.45, 7) is 1.93. The summed E-state index contributed by atoms with van der Waals surface area (Å²) in [4.78, 5) is 4.52. The molecular formula is C13H18N4O2. The number of nitrogens with two attached hydrogens (primary N) is 1. The van der Waals surface area contributed by atoms with Gasteiger partial charge in [-0.25, -0.2) is 0 Å². The maximum atomic E-state index is 5.52. The van der Waals surface area contributed by atoms with Crippen LogP contribution in [0, 0.1) is 0 Å². The molecule has 0 saturated carbocycles. The molecule has 1 saturated heterocycles. The lowest BCUT2D eigenvalue weighted by Crippen LogP contribution is -2.41. The normalized spacial score (nSPS) is 18.6. The molecule has 0 unspecified atom stereocenters. The van der Waals surface area contributed by atoms with E-state index < -0.39 is 0 Å². The summed E-state index contributed by atoms with van der Waals surface area (Å²) in [6.07, 6.45) is 6.41. The highest BCUT2D eigenvalue weighted by atomic mass is 16.5. The first-order valence-electron chi connectivity index (χ1n) is 6.59. The predicted octanol–water partition coefficient (Wildman–Crippen LogP) is 0.926. The molecule has 3 rings (SSSR count). The molecule has 0 spiro atoms. The van der Waals surface area contributed by atoms with E-state index in [0.717, 1.165) is 18.7 Å². The van der Waals surface area contributed by atoms with Gasteiger partial charge in [-0.2, -0.15) is 4.98 Å². The minimum Gasteiger partial charge on any atom is -0.381 e. The smallest absolute Gasteiger partial charge is 0.228 e. The van der Waals surface area contributed by atoms with Crippen LogP contribution in [0.4, 0.5) is 0 Å². The summed E-state index contributed by atoms with van der Waals surface area (Å²) in [5.74, 6) is 1.34. The highest BCUT2D eigenvalue weighted by Gasteiger charge is 2.40. The largest absolute Gasteiger partial charge is 0.381 e. The van der Waals surface area contributed by atoms with Gasteiger partial charge in [-0.05, 0) is 12.1 Å². The Labute approximate surface area is 111 Å². The van der Waals surface area contributed by atoms with Crippen LogP contribution in [0.3, 0.4) is 0 Å². The maximum absolute atomic E-state index is 5.52. The van der Waals surface area contributed by atoms with E-state index in [-0.39, 0.29) is 5.54 Å². The first-order valence-corrected chi connectivity index (χ1v) is 6.59. The summed E-state index contributed by atoms with van der Waals surface area (Å²) >= 11 is 0. The Morgan fingerprint density at radius 2 is 2.00 bits per heavy atom. The number of rotatable bonds is 4. The average molecular weight is 262 g/mol. The van der Waals surface area contributed by atoms with Crippen molar-refractivity contribution in [2.24, 2.45) is 5.73 Å². The second kappa shape index (κ2) is 5.14. The Balaban J connectivity index is 1.98. The van der Waals surface area contributed by atoms with E-state index in [1.165, 1.54) is 0 Å². The van der Waals surface area contributed by atoms with Crippen LogP contribution in [0.2, 0.25) is 0 Å². The molecule has 19 heavy (non-hydrogen) atoms. The molecule has 0 radical (unpaired) electrons. The number of ether oxygens (including phenoxy) is 1. The van der Waals surface area contributed by atoms with Gasteiger partial charge in [0.25, 0.3) is 0 Å². The molecule has 6 heteroatoms. The zero-order valence-corrected chi connectivity index (χ0v) is 10.8. The fraction of sp³-hybridized carbons (Fsp3) is 0.538. The van der Waals surface area contributed by atoms with Crippen LogP contribution in [-0.2, 0) is 16.7 Å². The second-order valence-electron chi connectivity index (χ2n) is 4.78. The van der Waals surface area contributed by atoms with Gasteiger partial charge in [0.05, 0.1) is 0 Å². The third kappa shape index (κ3) is 2.17. The summed E-state index contributed by atoms with van der Waals surface area (Å²) in [5.41, 5.74) is 5.27. The lowest BCUT2D eigenvalue weighted by Gasteiger charge is -2.35. The molecule has 102 valence electrons. The molecule has 3 heterocycles. The highest BCUT2D eigenvalue weighted by Crippen LogP contribution is 2.34. The molecule has 1 aliphatic rings. The molecule has 2 N–H and O–H groups in total. The van der Waals surface area contributed by atoms with Crippen molar-refractivity contribution in [1.82, 2.24) is 14.7 Å². The molecule has 1 aliphatic heterocycles. The lowest BCUT2D eigenvalue weighted by atomic mass is 9.89. The third-order valence-electron chi connectivity index (χ3n) is 3.66. The topological polar surface area (TPSA) is 79.1 Å². The molecule has 2 aromatic heterocycles. The van der Waals surface area contributed by atoms with Gasteiger partial charge in [-0.1, -0.05) is 5.16 Å². The van der Waals surface area contributed by atoms with Crippen LogP contribution in [0.25, 0.3) is 0 Å². The molecule has 0 aliphatic carbocycles. The first-order chi connectivity index (χ1) is 9.35. The molecule has 0 amide bonds. The average Bonchev–Trinajstić information content (AvgIpc) is 3.11. The van der Waals surface area contributed by atoms with Gasteiger partial charge in [-0.15, -0.1) is 0 Å². The molecular weight excluding hydrogens is 244 g/mol. The first kappa shape index (κ1) is 12.4. The van der Waals surface area contributed by atoms with Gasteiger partial charge in [0.15, 0.2) is 5.82 Å². The van der Waals surface area contributed by atoms with Crippen molar-refractivity contribution in [3.8, 4) is 0 Å². The van der Waals surface area contributed by atoms with Gasteiger partial charge in [0, 0.05) is 51.4 Å². The summed E-state index contributed by atoms with van der Waals surface area (Å²) in [6, 6.07) is 4.02. The van der Waals surface area contributed by atoms with Gasteiger partial charge >= 0.3 is 0 Å². The van der Waals surface area contributed by atoms with Crippen LogP contribution in [-0.4, -0.2) is 34.5 Å². The minimum absolute atomic E-state index is 0.252. The van der Waals surface area contributed by atoms with E-state index >= 15 is 0 Å². The molecule has 0 atom stereocenters. The zero-order chi connectivity index (χ0) is 13.1. The number of nitrogens with zero attached hydrogens (tertiary/aromatic N) is 3. The Kier molecular flexibility index (Phi) is 3.35. The van der Waals surface area contributed by atoms with Crippen molar-refractivity contribution >= 4 is 0 Å². The Bertz CT molecular complexity index is 514. The van der Waals surface area contributed by atoms with Crippen LogP contribution in [0.1, 0.15) is 24.6 Å². The van der Waals surface area contributed by atoms with Crippen LogP contribution in [0.5, 0.6) is 0 Å². The van der Waals surface area contributed by atoms with E-state index in [0.29, 0.717) is 32.1 Å². The monoisotopic (exact) mass is 262 g/mol. The van der Waals surface area contributed by atoms with Crippen molar-refractivity contribution in [3.63, 3.8) is 0 Å². The van der Waals surface area contributed by atoms with Crippen molar-refractivity contribution in [2.75, 3.05) is 19.8 Å². The van der Waals surface area contributed by atoms with Gasteiger partial charge in [0.1, 0.15) is 5.54 Å². The van der Waals surface area contributed by atoms with Gasteiger partial charge < -0.3 is 19.6 Å². The summed E-state index contributed by atoms with van der Waals surface area (Å²) in [5, 5.41) is 4.17. The molecule has 6 nitrogen and oxygen atoms in total. The third-order valence-corrected chi connectivity index (χ3v) is 3.66. The van der Waals surface area contributed by atoms with E-state index in [1.807, 2.05) is 24.5 Å². The summed E-state index contributed by atoms with van der Waals surface area (Å²) < 4.78 is 12.9. The van der Waals surface area contributed by atoms with Crippen molar-refractivity contribution < 1.29 is 9.26 Å². The van der Waals surface area contributed by atoms with Gasteiger partial charge in [0.2, 0.25) is 5.89 Å². The zero-order valence-electron chi connectivity index (χ0n) is 10.8. The fourth-order valence-electron chi connectivity index (χ4n) is 2.60. The van der Waals surface area contributed by atoms with Crippen molar-refractivity contribution in [1.29, 1.82) is 0 Å². The maximum Gasteiger partial charge on any atom is 0.228 e. The van der Waals surface area contributed by atoms with E-state index in [1.54, 1.807) is 0 Å². The van der Waals surface area contributed by atoms with Crippen LogP contribution >= 0.6 is 0 Å². The quantitative estimate of drug-likeness (QED) is 0.886. The SMILES string of the molecule is NCCc1nc(C2(n3cccc3)CCOCC2)no1. The fourth-order valence-corrected chi connectivity index (χ4v) is 2.60. The standard InChI is InChI=1S/C13H18N4O2/c14-6-3-11-15-12(16-19-11)13(4-9-18-10-5-13)17-7-1-2-8-17/h1-2,7-8H,3-6,9-10,14H2. The van der Waals surface area contributed by atoms with Crippen molar-refractivity contribution in [2.45, 2.75) is 24.8 Å². The Morgan fingerprint density at radius 3 is 2.68 bits per heavy atom. The van der Waals surface area contributed by atoms with E-state index in [4.69, 9.17) is 15.0 Å². The van der Waals surface area contributed by atoms with Crippen LogP contribution < -0.4 is 5.73 Å². The van der Waals surface area contributed by atoms with Crippen molar-refractivity contribution in [3.05, 3.63) is 36.2 Å². The molecule has 0 bridgehead atoms.